The van der Waals surface area contributed by atoms with Gasteiger partial charge in [-0.25, -0.2) is 0 Å². The van der Waals surface area contributed by atoms with Crippen molar-refractivity contribution >= 4 is 0 Å². The number of ether oxygens (including phenoxy) is 3. The Balaban J connectivity index is 2.80. The molecule has 0 aliphatic rings. The van der Waals surface area contributed by atoms with E-state index in [-0.39, 0.29) is 12.1 Å². The molecule has 4 nitrogen and oxygen atoms in total. The maximum atomic E-state index is 5.68. The molecule has 0 radical (unpaired) electrons. The van der Waals surface area contributed by atoms with Gasteiger partial charge in [-0.3, -0.25) is 0 Å². The van der Waals surface area contributed by atoms with Crippen molar-refractivity contribution in [3.8, 4) is 11.5 Å². The van der Waals surface area contributed by atoms with Gasteiger partial charge < -0.3 is 19.5 Å². The molecule has 2 unspecified atom stereocenters. The van der Waals surface area contributed by atoms with E-state index >= 15 is 0 Å². The molecule has 0 heterocycles. The lowest BCUT2D eigenvalue weighted by Gasteiger charge is -2.16. The molecule has 4 heteroatoms. The summed E-state index contributed by atoms with van der Waals surface area (Å²) in [5.41, 5.74) is 1.17. The predicted molar refractivity (Wildman–Crippen MR) is 72.4 cm³/mol. The van der Waals surface area contributed by atoms with Crippen LogP contribution in [0.5, 0.6) is 11.5 Å². The lowest BCUT2D eigenvalue weighted by Crippen LogP contribution is -2.16. The molecular weight excluding hydrogens is 230 g/mol. The summed E-state index contributed by atoms with van der Waals surface area (Å²) in [7, 11) is 5.25. The first-order chi connectivity index (χ1) is 8.62. The molecule has 1 N–H and O–H groups in total. The molecule has 2 atom stereocenters. The van der Waals surface area contributed by atoms with Crippen molar-refractivity contribution in [2.45, 2.75) is 26.0 Å². The fourth-order valence-electron chi connectivity index (χ4n) is 1.51. The van der Waals surface area contributed by atoms with Crippen molar-refractivity contribution in [2.75, 3.05) is 27.9 Å². The average molecular weight is 253 g/mol. The summed E-state index contributed by atoms with van der Waals surface area (Å²) < 4.78 is 16.2. The Kier molecular flexibility index (Phi) is 5.95. The van der Waals surface area contributed by atoms with Gasteiger partial charge in [-0.2, -0.15) is 0 Å². The molecule has 0 aliphatic heterocycles. The van der Waals surface area contributed by atoms with E-state index < -0.39 is 0 Å². The Morgan fingerprint density at radius 2 is 1.89 bits per heavy atom. The highest BCUT2D eigenvalue weighted by atomic mass is 16.5. The molecule has 1 aromatic rings. The van der Waals surface area contributed by atoms with Crippen LogP contribution in [0.4, 0.5) is 0 Å². The second-order valence-corrected chi connectivity index (χ2v) is 4.28. The number of methoxy groups -OCH3 is 2. The van der Waals surface area contributed by atoms with Crippen molar-refractivity contribution in [1.29, 1.82) is 0 Å². The van der Waals surface area contributed by atoms with Crippen LogP contribution in [0.25, 0.3) is 0 Å². The average Bonchev–Trinajstić information content (AvgIpc) is 2.43. The molecule has 0 bridgehead atoms. The molecule has 102 valence electrons. The van der Waals surface area contributed by atoms with Crippen LogP contribution in [0.2, 0.25) is 0 Å². The Labute approximate surface area is 109 Å². The molecule has 1 aromatic carbocycles. The van der Waals surface area contributed by atoms with Crippen molar-refractivity contribution in [3.63, 3.8) is 0 Å². The zero-order chi connectivity index (χ0) is 13.5. The van der Waals surface area contributed by atoms with Gasteiger partial charge in [0.15, 0.2) is 11.5 Å². The van der Waals surface area contributed by atoms with Crippen LogP contribution in [-0.4, -0.2) is 34.0 Å². The largest absolute Gasteiger partial charge is 0.493 e. The summed E-state index contributed by atoms with van der Waals surface area (Å²) in [5.74, 6) is 1.49. The number of hydrogen-bond donors (Lipinski definition) is 1. The van der Waals surface area contributed by atoms with E-state index in [1.807, 2.05) is 32.2 Å². The van der Waals surface area contributed by atoms with Crippen molar-refractivity contribution in [2.24, 2.45) is 0 Å². The van der Waals surface area contributed by atoms with E-state index in [1.165, 1.54) is 5.56 Å². The lowest BCUT2D eigenvalue weighted by atomic mass is 10.1. The van der Waals surface area contributed by atoms with Crippen LogP contribution in [0.1, 0.15) is 25.5 Å². The monoisotopic (exact) mass is 253 g/mol. The summed E-state index contributed by atoms with van der Waals surface area (Å²) in [6.45, 7) is 4.57. The minimum absolute atomic E-state index is 0.0608. The van der Waals surface area contributed by atoms with Gasteiger partial charge in [-0.1, -0.05) is 6.07 Å². The summed E-state index contributed by atoms with van der Waals surface area (Å²) in [4.78, 5) is 0. The first-order valence-corrected chi connectivity index (χ1v) is 6.13. The fraction of sp³-hybridized carbons (Fsp3) is 0.571. The zero-order valence-electron chi connectivity index (χ0n) is 11.8. The Hall–Kier alpha value is -1.26. The Morgan fingerprint density at radius 3 is 2.44 bits per heavy atom. The van der Waals surface area contributed by atoms with Gasteiger partial charge in [0.2, 0.25) is 0 Å². The number of rotatable bonds is 7. The normalized spacial score (nSPS) is 14.1. The quantitative estimate of drug-likeness (QED) is 0.810. The third-order valence-electron chi connectivity index (χ3n) is 3.00. The summed E-state index contributed by atoms with van der Waals surface area (Å²) in [6, 6.07) is 6.25. The lowest BCUT2D eigenvalue weighted by molar-refractivity contribution is 0.0706. The molecule has 0 aliphatic carbocycles. The maximum absolute atomic E-state index is 5.68. The topological polar surface area (TPSA) is 39.7 Å². The first-order valence-electron chi connectivity index (χ1n) is 6.13. The van der Waals surface area contributed by atoms with Crippen LogP contribution >= 0.6 is 0 Å². The molecule has 18 heavy (non-hydrogen) atoms. The van der Waals surface area contributed by atoms with Gasteiger partial charge in [0.05, 0.1) is 13.2 Å². The molecule has 0 aromatic heterocycles. The van der Waals surface area contributed by atoms with Gasteiger partial charge >= 0.3 is 0 Å². The van der Waals surface area contributed by atoms with Crippen LogP contribution < -0.4 is 14.8 Å². The minimum Gasteiger partial charge on any atom is -0.493 e. The molecule has 0 fully saturated rings. The number of hydrogen-bond acceptors (Lipinski definition) is 4. The van der Waals surface area contributed by atoms with Crippen molar-refractivity contribution in [1.82, 2.24) is 5.32 Å². The van der Waals surface area contributed by atoms with Crippen LogP contribution in [0.3, 0.4) is 0 Å². The van der Waals surface area contributed by atoms with Gasteiger partial charge in [-0.05, 0) is 38.6 Å². The number of nitrogens with one attached hydrogen (secondary N) is 1. The molecule has 0 saturated carbocycles. The zero-order valence-corrected chi connectivity index (χ0v) is 11.8. The standard InChI is InChI=1S/C14H23NO3/c1-10(16-4)9-18-13-7-6-12(11(2)15-3)8-14(13)17-5/h6-8,10-11,15H,9H2,1-5H3. The van der Waals surface area contributed by atoms with Gasteiger partial charge in [0, 0.05) is 13.2 Å². The second-order valence-electron chi connectivity index (χ2n) is 4.28. The van der Waals surface area contributed by atoms with Crippen LogP contribution in [0, 0.1) is 0 Å². The smallest absolute Gasteiger partial charge is 0.161 e. The van der Waals surface area contributed by atoms with E-state index in [4.69, 9.17) is 14.2 Å². The summed E-state index contributed by atoms with van der Waals surface area (Å²) in [6.07, 6.45) is 0.0608. The SMILES string of the molecule is CNC(C)c1ccc(OCC(C)OC)c(OC)c1. The fourth-order valence-corrected chi connectivity index (χ4v) is 1.51. The maximum Gasteiger partial charge on any atom is 0.161 e. The van der Waals surface area contributed by atoms with E-state index in [2.05, 4.69) is 12.2 Å². The van der Waals surface area contributed by atoms with E-state index in [0.29, 0.717) is 6.61 Å². The predicted octanol–water partition coefficient (Wildman–Crippen LogP) is 2.39. The Morgan fingerprint density at radius 1 is 1.17 bits per heavy atom. The van der Waals surface area contributed by atoms with Crippen LogP contribution in [-0.2, 0) is 4.74 Å². The molecule has 1 rings (SSSR count). The van der Waals surface area contributed by atoms with E-state index in [0.717, 1.165) is 11.5 Å². The van der Waals surface area contributed by atoms with E-state index in [1.54, 1.807) is 14.2 Å². The summed E-state index contributed by atoms with van der Waals surface area (Å²) >= 11 is 0. The first kappa shape index (κ1) is 14.8. The van der Waals surface area contributed by atoms with Crippen molar-refractivity contribution < 1.29 is 14.2 Å². The van der Waals surface area contributed by atoms with Gasteiger partial charge in [0.1, 0.15) is 6.61 Å². The van der Waals surface area contributed by atoms with Gasteiger partial charge in [0.25, 0.3) is 0 Å². The molecule has 0 saturated heterocycles. The highest BCUT2D eigenvalue weighted by Gasteiger charge is 2.10. The molecular formula is C14H23NO3. The highest BCUT2D eigenvalue weighted by Crippen LogP contribution is 2.30. The van der Waals surface area contributed by atoms with Gasteiger partial charge in [-0.15, -0.1) is 0 Å². The third-order valence-corrected chi connectivity index (χ3v) is 3.00. The molecule has 0 spiro atoms. The summed E-state index contributed by atoms with van der Waals surface area (Å²) in [5, 5.41) is 3.19. The Bertz CT molecular complexity index is 368. The van der Waals surface area contributed by atoms with E-state index in [9.17, 15) is 0 Å². The highest BCUT2D eigenvalue weighted by molar-refractivity contribution is 5.43. The van der Waals surface area contributed by atoms with Crippen molar-refractivity contribution in [3.05, 3.63) is 23.8 Å². The number of benzene rings is 1. The molecule has 0 amide bonds. The minimum atomic E-state index is 0.0608. The second kappa shape index (κ2) is 7.24. The van der Waals surface area contributed by atoms with Crippen LogP contribution in [0.15, 0.2) is 18.2 Å². The third kappa shape index (κ3) is 3.89.